The number of unbranched alkanes of at least 4 members (excludes halogenated alkanes) is 1. The van der Waals surface area contributed by atoms with Gasteiger partial charge in [0.05, 0.1) is 5.69 Å². The van der Waals surface area contributed by atoms with Gasteiger partial charge in [-0.1, -0.05) is 13.3 Å². The lowest BCUT2D eigenvalue weighted by Gasteiger charge is -2.25. The fourth-order valence-electron chi connectivity index (χ4n) is 1.74. The number of benzene rings is 1. The maximum absolute atomic E-state index is 11.7. The second-order valence-electron chi connectivity index (χ2n) is 3.99. The molecule has 16 heavy (non-hydrogen) atoms. The number of carbonyl (C=O) groups excluding carboxylic acids is 1. The topological polar surface area (TPSA) is 64.3 Å². The summed E-state index contributed by atoms with van der Waals surface area (Å²) in [7, 11) is 0. The Morgan fingerprint density at radius 3 is 3.06 bits per heavy atom. The number of rotatable bonds is 3. The van der Waals surface area contributed by atoms with Gasteiger partial charge in [0, 0.05) is 11.8 Å². The molecule has 1 aromatic rings. The number of nitrogen functional groups attached to an aromatic ring is 1. The molecular formula is C12H16N2O2. The van der Waals surface area contributed by atoms with Crippen LogP contribution in [0.1, 0.15) is 26.2 Å². The molecule has 0 saturated heterocycles. The zero-order valence-corrected chi connectivity index (χ0v) is 9.32. The minimum Gasteiger partial charge on any atom is -0.478 e. The molecule has 0 aliphatic carbocycles. The fraction of sp³-hybridized carbons (Fsp3) is 0.417. The predicted octanol–water partition coefficient (Wildman–Crippen LogP) is 2.16. The van der Waals surface area contributed by atoms with Crippen LogP contribution in [0, 0.1) is 0 Å². The third kappa shape index (κ3) is 2.10. The van der Waals surface area contributed by atoms with Gasteiger partial charge in [0.25, 0.3) is 5.91 Å². The first kappa shape index (κ1) is 10.8. The van der Waals surface area contributed by atoms with Crippen molar-refractivity contribution in [3.8, 4) is 5.75 Å². The van der Waals surface area contributed by atoms with Crippen molar-refractivity contribution in [1.82, 2.24) is 0 Å². The number of amides is 1. The van der Waals surface area contributed by atoms with Crippen molar-refractivity contribution < 1.29 is 9.53 Å². The van der Waals surface area contributed by atoms with Crippen molar-refractivity contribution in [2.75, 3.05) is 11.1 Å². The molecule has 86 valence electrons. The summed E-state index contributed by atoms with van der Waals surface area (Å²) in [6, 6.07) is 5.25. The van der Waals surface area contributed by atoms with Gasteiger partial charge in [-0.15, -0.1) is 0 Å². The molecule has 1 aliphatic heterocycles. The van der Waals surface area contributed by atoms with E-state index in [9.17, 15) is 4.79 Å². The number of fused-ring (bicyclic) bond motifs is 1. The second kappa shape index (κ2) is 4.43. The molecule has 4 heteroatoms. The number of nitrogens with two attached hydrogens (primary N) is 1. The molecule has 4 nitrogen and oxygen atoms in total. The Hall–Kier alpha value is -1.71. The van der Waals surface area contributed by atoms with Crippen molar-refractivity contribution in [2.24, 2.45) is 0 Å². The van der Waals surface area contributed by atoms with Crippen LogP contribution in [-0.4, -0.2) is 12.0 Å². The van der Waals surface area contributed by atoms with Crippen LogP contribution in [0.3, 0.4) is 0 Å². The molecule has 1 aromatic carbocycles. The summed E-state index contributed by atoms with van der Waals surface area (Å²) in [5, 5.41) is 2.83. The molecule has 0 saturated carbocycles. The van der Waals surface area contributed by atoms with Crippen molar-refractivity contribution in [2.45, 2.75) is 32.3 Å². The SMILES string of the molecule is CCCCC1Oc2cc(N)ccc2NC1=O. The highest BCUT2D eigenvalue weighted by molar-refractivity contribution is 5.98. The van der Waals surface area contributed by atoms with E-state index in [-0.39, 0.29) is 12.0 Å². The average Bonchev–Trinajstić information content (AvgIpc) is 2.27. The van der Waals surface area contributed by atoms with Crippen LogP contribution in [-0.2, 0) is 4.79 Å². The Labute approximate surface area is 94.8 Å². The lowest BCUT2D eigenvalue weighted by molar-refractivity contribution is -0.123. The van der Waals surface area contributed by atoms with E-state index in [1.807, 2.05) is 0 Å². The second-order valence-corrected chi connectivity index (χ2v) is 3.99. The van der Waals surface area contributed by atoms with Gasteiger partial charge in [-0.3, -0.25) is 4.79 Å². The largest absolute Gasteiger partial charge is 0.478 e. The molecule has 1 unspecified atom stereocenters. The smallest absolute Gasteiger partial charge is 0.265 e. The molecule has 0 bridgehead atoms. The monoisotopic (exact) mass is 220 g/mol. The number of hydrogen-bond donors (Lipinski definition) is 2. The van der Waals surface area contributed by atoms with Crippen molar-refractivity contribution in [3.05, 3.63) is 18.2 Å². The Morgan fingerprint density at radius 1 is 1.50 bits per heavy atom. The van der Waals surface area contributed by atoms with Gasteiger partial charge in [0.2, 0.25) is 0 Å². The lowest BCUT2D eigenvalue weighted by atomic mass is 10.1. The molecule has 0 radical (unpaired) electrons. The first-order valence-corrected chi connectivity index (χ1v) is 5.57. The van der Waals surface area contributed by atoms with Gasteiger partial charge in [-0.2, -0.15) is 0 Å². The van der Waals surface area contributed by atoms with Gasteiger partial charge >= 0.3 is 0 Å². The molecule has 1 atom stereocenters. The first-order chi connectivity index (χ1) is 7.70. The van der Waals surface area contributed by atoms with Crippen LogP contribution in [0.4, 0.5) is 11.4 Å². The number of ether oxygens (including phenoxy) is 1. The van der Waals surface area contributed by atoms with Crippen LogP contribution in [0.2, 0.25) is 0 Å². The summed E-state index contributed by atoms with van der Waals surface area (Å²) in [6.45, 7) is 2.09. The minimum atomic E-state index is -0.380. The highest BCUT2D eigenvalue weighted by Crippen LogP contribution is 2.32. The summed E-state index contributed by atoms with van der Waals surface area (Å²) in [5.41, 5.74) is 7.01. The summed E-state index contributed by atoms with van der Waals surface area (Å²) in [5.74, 6) is 0.603. The van der Waals surface area contributed by atoms with E-state index >= 15 is 0 Å². The van der Waals surface area contributed by atoms with Crippen LogP contribution < -0.4 is 15.8 Å². The molecule has 3 N–H and O–H groups in total. The van der Waals surface area contributed by atoms with Gasteiger partial charge in [0.15, 0.2) is 6.10 Å². The zero-order chi connectivity index (χ0) is 11.5. The van der Waals surface area contributed by atoms with Gasteiger partial charge < -0.3 is 15.8 Å². The van der Waals surface area contributed by atoms with Gasteiger partial charge in [0.1, 0.15) is 5.75 Å². The molecule has 1 aliphatic rings. The molecule has 0 fully saturated rings. The normalized spacial score (nSPS) is 18.6. The van der Waals surface area contributed by atoms with E-state index in [0.717, 1.165) is 19.3 Å². The molecule has 0 spiro atoms. The Balaban J connectivity index is 2.16. The number of anilines is 2. The highest BCUT2D eigenvalue weighted by atomic mass is 16.5. The van der Waals surface area contributed by atoms with Crippen molar-refractivity contribution >= 4 is 17.3 Å². The van der Waals surface area contributed by atoms with Gasteiger partial charge in [-0.05, 0) is 25.0 Å². The molecule has 0 aromatic heterocycles. The highest BCUT2D eigenvalue weighted by Gasteiger charge is 2.26. The molecular weight excluding hydrogens is 204 g/mol. The minimum absolute atomic E-state index is 0.0641. The standard InChI is InChI=1S/C12H16N2O2/c1-2-3-4-10-12(15)14-9-6-5-8(13)7-11(9)16-10/h5-7,10H,2-4,13H2,1H3,(H,14,15). The summed E-state index contributed by atoms with van der Waals surface area (Å²) >= 11 is 0. The molecule has 1 heterocycles. The molecule has 2 rings (SSSR count). The summed E-state index contributed by atoms with van der Waals surface area (Å²) in [4.78, 5) is 11.7. The average molecular weight is 220 g/mol. The van der Waals surface area contributed by atoms with Crippen molar-refractivity contribution in [1.29, 1.82) is 0 Å². The van der Waals surface area contributed by atoms with E-state index in [2.05, 4.69) is 12.2 Å². The first-order valence-electron chi connectivity index (χ1n) is 5.57. The van der Waals surface area contributed by atoms with Crippen LogP contribution in [0.25, 0.3) is 0 Å². The molecule has 1 amide bonds. The number of carbonyl (C=O) groups is 1. The van der Waals surface area contributed by atoms with E-state index in [1.165, 1.54) is 0 Å². The maximum atomic E-state index is 11.7. The Bertz CT molecular complexity index is 404. The summed E-state index contributed by atoms with van der Waals surface area (Å²) in [6.07, 6.45) is 2.40. The Morgan fingerprint density at radius 2 is 2.31 bits per heavy atom. The van der Waals surface area contributed by atoms with E-state index in [1.54, 1.807) is 18.2 Å². The predicted molar refractivity (Wildman–Crippen MR) is 63.4 cm³/mol. The number of nitrogens with one attached hydrogen (secondary N) is 1. The van der Waals surface area contributed by atoms with E-state index in [4.69, 9.17) is 10.5 Å². The quantitative estimate of drug-likeness (QED) is 0.767. The van der Waals surface area contributed by atoms with Gasteiger partial charge in [-0.25, -0.2) is 0 Å². The summed E-state index contributed by atoms with van der Waals surface area (Å²) < 4.78 is 5.64. The lowest BCUT2D eigenvalue weighted by Crippen LogP contribution is -2.36. The third-order valence-corrected chi connectivity index (χ3v) is 2.65. The number of hydrogen-bond acceptors (Lipinski definition) is 3. The van der Waals surface area contributed by atoms with E-state index < -0.39 is 0 Å². The Kier molecular flexibility index (Phi) is 2.99. The van der Waals surface area contributed by atoms with E-state index in [0.29, 0.717) is 17.1 Å². The zero-order valence-electron chi connectivity index (χ0n) is 9.32. The van der Waals surface area contributed by atoms with Crippen LogP contribution in [0.15, 0.2) is 18.2 Å². The third-order valence-electron chi connectivity index (χ3n) is 2.65. The fourth-order valence-corrected chi connectivity index (χ4v) is 1.74. The van der Waals surface area contributed by atoms with Crippen molar-refractivity contribution in [3.63, 3.8) is 0 Å². The maximum Gasteiger partial charge on any atom is 0.265 e. The van der Waals surface area contributed by atoms with Crippen LogP contribution in [0.5, 0.6) is 5.75 Å². The van der Waals surface area contributed by atoms with Crippen LogP contribution >= 0.6 is 0 Å².